The second-order valence-electron chi connectivity index (χ2n) is 23.1. The van der Waals surface area contributed by atoms with E-state index in [4.69, 9.17) is 16.3 Å². The summed E-state index contributed by atoms with van der Waals surface area (Å²) in [6, 6.07) is 22.5. The first-order valence-corrected chi connectivity index (χ1v) is 29.4. The zero-order valence-electron chi connectivity index (χ0n) is 49.1. The Morgan fingerprint density at radius 2 is 1.18 bits per heavy atom. The summed E-state index contributed by atoms with van der Waals surface area (Å²) in [6.45, 7) is 18.1. The van der Waals surface area contributed by atoms with Gasteiger partial charge in [0.25, 0.3) is 22.9 Å². The van der Waals surface area contributed by atoms with Crippen molar-refractivity contribution in [2.24, 2.45) is 7.05 Å². The number of benzene rings is 3. The number of carbonyl (C=O) groups excluding carboxylic acids is 2. The minimum absolute atomic E-state index is 0.0312. The van der Waals surface area contributed by atoms with Crippen LogP contribution in [-0.4, -0.2) is 128 Å². The van der Waals surface area contributed by atoms with Crippen LogP contribution in [0.4, 0.5) is 11.4 Å². The molecular formula is C64H88ClN9O5. The molecule has 14 nitrogen and oxygen atoms in total. The van der Waals surface area contributed by atoms with Gasteiger partial charge >= 0.3 is 0 Å². The van der Waals surface area contributed by atoms with Gasteiger partial charge < -0.3 is 44.5 Å². The number of aryl methyl sites for hydroxylation is 4. The van der Waals surface area contributed by atoms with Crippen LogP contribution in [0.5, 0.6) is 0 Å². The van der Waals surface area contributed by atoms with Gasteiger partial charge in [0.15, 0.2) is 0 Å². The van der Waals surface area contributed by atoms with E-state index in [0.29, 0.717) is 70.0 Å². The van der Waals surface area contributed by atoms with Crippen molar-refractivity contribution in [3.63, 3.8) is 0 Å². The van der Waals surface area contributed by atoms with Gasteiger partial charge in [-0.25, -0.2) is 0 Å². The molecule has 2 aromatic heterocycles. The topological polar surface area (TPSA) is 138 Å². The van der Waals surface area contributed by atoms with E-state index in [1.807, 2.05) is 45.0 Å². The SMILES string of the molecule is CCN(c1cc(-c2ccc(CN3CCOCC3)cc2)cc(C(=O)NCc2c(CCc3cc(C)c(CNC(=O)c4cc(Cl)cc(N(CC)C5CCC(N(C)C)CC5)c4C)c(=O)n3C)cc(C)[nH]c2=O)c1C)C1CCC(N(C)C)CC1. The summed E-state index contributed by atoms with van der Waals surface area (Å²) in [5.41, 5.74) is 11.8. The minimum atomic E-state index is -0.280. The first kappa shape index (κ1) is 59.4. The molecule has 5 aromatic rings. The van der Waals surface area contributed by atoms with Crippen molar-refractivity contribution in [2.45, 2.75) is 150 Å². The largest absolute Gasteiger partial charge is 0.379 e. The van der Waals surface area contributed by atoms with Gasteiger partial charge in [-0.2, -0.15) is 0 Å². The van der Waals surface area contributed by atoms with E-state index in [-0.39, 0.29) is 36.0 Å². The lowest BCUT2D eigenvalue weighted by atomic mass is 9.88. The molecule has 1 aliphatic heterocycles. The molecule has 1 saturated heterocycles. The molecule has 2 saturated carbocycles. The van der Waals surface area contributed by atoms with E-state index in [1.165, 1.54) is 5.56 Å². The summed E-state index contributed by atoms with van der Waals surface area (Å²) in [5.74, 6) is -0.521. The zero-order chi connectivity index (χ0) is 56.7. The van der Waals surface area contributed by atoms with Crippen molar-refractivity contribution < 1.29 is 14.3 Å². The third-order valence-electron chi connectivity index (χ3n) is 17.7. The van der Waals surface area contributed by atoms with Crippen LogP contribution >= 0.6 is 11.6 Å². The fourth-order valence-corrected chi connectivity index (χ4v) is 13.0. The molecule has 79 heavy (non-hydrogen) atoms. The van der Waals surface area contributed by atoms with Crippen molar-refractivity contribution in [1.29, 1.82) is 0 Å². The molecule has 0 bridgehead atoms. The molecule has 3 heterocycles. The zero-order valence-corrected chi connectivity index (χ0v) is 49.9. The molecule has 2 amide bonds. The predicted octanol–water partition coefficient (Wildman–Crippen LogP) is 9.50. The van der Waals surface area contributed by atoms with Gasteiger partial charge in [0.1, 0.15) is 0 Å². The molecule has 0 radical (unpaired) electrons. The second-order valence-corrected chi connectivity index (χ2v) is 23.5. The van der Waals surface area contributed by atoms with Crippen LogP contribution in [0.15, 0.2) is 70.3 Å². The second kappa shape index (κ2) is 26.7. The van der Waals surface area contributed by atoms with Crippen LogP contribution in [-0.2, 0) is 44.3 Å². The number of pyridine rings is 2. The number of carbonyl (C=O) groups is 2. The van der Waals surface area contributed by atoms with E-state index in [9.17, 15) is 19.2 Å². The highest BCUT2D eigenvalue weighted by Crippen LogP contribution is 2.37. The molecule has 3 aliphatic rings. The molecule has 15 heteroatoms. The Bertz CT molecular complexity index is 3050. The van der Waals surface area contributed by atoms with Gasteiger partial charge in [-0.15, -0.1) is 0 Å². The fourth-order valence-electron chi connectivity index (χ4n) is 12.8. The number of anilines is 2. The van der Waals surface area contributed by atoms with Crippen LogP contribution < -0.4 is 31.6 Å². The first-order chi connectivity index (χ1) is 37.8. The number of aromatic nitrogens is 2. The highest BCUT2D eigenvalue weighted by molar-refractivity contribution is 6.31. The molecule has 8 rings (SSSR count). The highest BCUT2D eigenvalue weighted by Gasteiger charge is 2.31. The molecule has 3 N–H and O–H groups in total. The maximum absolute atomic E-state index is 14.7. The number of hydrogen-bond acceptors (Lipinski definition) is 10. The average Bonchev–Trinajstić information content (AvgIpc) is 3.49. The normalized spacial score (nSPS) is 19.0. The van der Waals surface area contributed by atoms with Crippen LogP contribution in [0.25, 0.3) is 11.1 Å². The van der Waals surface area contributed by atoms with Crippen LogP contribution in [0.1, 0.15) is 136 Å². The number of rotatable bonds is 20. The maximum Gasteiger partial charge on any atom is 0.255 e. The Hall–Kier alpha value is -5.77. The van der Waals surface area contributed by atoms with E-state index in [0.717, 1.165) is 148 Å². The summed E-state index contributed by atoms with van der Waals surface area (Å²) < 4.78 is 7.22. The number of nitrogens with one attached hydrogen (secondary N) is 3. The summed E-state index contributed by atoms with van der Waals surface area (Å²) in [4.78, 5) is 71.6. The lowest BCUT2D eigenvalue weighted by Gasteiger charge is -2.40. The molecule has 3 aromatic carbocycles. The highest BCUT2D eigenvalue weighted by atomic mass is 35.5. The van der Waals surface area contributed by atoms with Gasteiger partial charge in [0, 0.05) is 127 Å². The van der Waals surface area contributed by atoms with Gasteiger partial charge in [-0.05, 0) is 209 Å². The Balaban J connectivity index is 0.980. The number of aromatic amines is 1. The quantitative estimate of drug-likeness (QED) is 0.0691. The van der Waals surface area contributed by atoms with Gasteiger partial charge in [0.2, 0.25) is 0 Å². The van der Waals surface area contributed by atoms with Gasteiger partial charge in [-0.1, -0.05) is 35.9 Å². The number of halogens is 1. The van der Waals surface area contributed by atoms with Crippen molar-refractivity contribution in [3.05, 3.63) is 148 Å². The smallest absolute Gasteiger partial charge is 0.255 e. The molecule has 2 aliphatic carbocycles. The lowest BCUT2D eigenvalue weighted by Crippen LogP contribution is -2.42. The Morgan fingerprint density at radius 3 is 1.72 bits per heavy atom. The molecule has 0 spiro atoms. The van der Waals surface area contributed by atoms with Crippen molar-refractivity contribution >= 4 is 34.8 Å². The Morgan fingerprint density at radius 1 is 0.658 bits per heavy atom. The number of amides is 2. The standard InChI is InChI=1S/C64H88ClN9O5/c1-12-73(52-24-20-50(21-25-52)69(7)8)59-35-48(46-16-14-45(15-17-46)40-72-28-30-79-31-29-72)34-55(43(59)5)61(75)67-39-58-47(33-42(4)68-63(58)77)18-19-54-32-41(3)57(64(78)71(54)11)38-66-62(76)56-36-49(65)37-60(44(56)6)74(13-2)53-26-22-51(23-27-53)70(9)10/h14-17,32-37,50-53H,12-13,18-31,38-40H2,1-11H3,(H,66,76)(H,67,75)(H,68,77). The van der Waals surface area contributed by atoms with Crippen molar-refractivity contribution in [3.8, 4) is 11.1 Å². The molecular weight excluding hydrogens is 1010 g/mol. The van der Waals surface area contributed by atoms with Crippen LogP contribution in [0.2, 0.25) is 5.02 Å². The van der Waals surface area contributed by atoms with Gasteiger partial charge in [0.05, 0.1) is 13.2 Å². The van der Waals surface area contributed by atoms with E-state index >= 15 is 0 Å². The third kappa shape index (κ3) is 14.1. The van der Waals surface area contributed by atoms with Crippen LogP contribution in [0.3, 0.4) is 0 Å². The average molecular weight is 1100 g/mol. The summed E-state index contributed by atoms with van der Waals surface area (Å²) in [7, 11) is 10.4. The van der Waals surface area contributed by atoms with E-state index in [1.54, 1.807) is 17.7 Å². The number of morpholine rings is 1. The first-order valence-electron chi connectivity index (χ1n) is 29.0. The monoisotopic (exact) mass is 1100 g/mol. The number of nitrogens with zero attached hydrogens (tertiary/aromatic N) is 6. The summed E-state index contributed by atoms with van der Waals surface area (Å²) in [5, 5.41) is 6.73. The predicted molar refractivity (Wildman–Crippen MR) is 322 cm³/mol. The van der Waals surface area contributed by atoms with E-state index < -0.39 is 0 Å². The maximum atomic E-state index is 14.7. The Labute approximate surface area is 474 Å². The van der Waals surface area contributed by atoms with E-state index in [2.05, 4.69) is 119 Å². The molecule has 426 valence electrons. The molecule has 0 unspecified atom stereocenters. The lowest BCUT2D eigenvalue weighted by molar-refractivity contribution is 0.0342. The minimum Gasteiger partial charge on any atom is -0.379 e. The van der Waals surface area contributed by atoms with Crippen molar-refractivity contribution in [1.82, 2.24) is 34.9 Å². The molecule has 0 atom stereocenters. The Kier molecular flexibility index (Phi) is 20.0. The fraction of sp³-hybridized carbons (Fsp3) is 0.531. The molecule has 3 fully saturated rings. The van der Waals surface area contributed by atoms with Crippen LogP contribution in [0, 0.1) is 27.7 Å². The number of ether oxygens (including phenoxy) is 1. The van der Waals surface area contributed by atoms with Crippen molar-refractivity contribution in [2.75, 3.05) is 77.4 Å². The third-order valence-corrected chi connectivity index (χ3v) is 17.9. The number of hydrogen-bond donors (Lipinski definition) is 3. The van der Waals surface area contributed by atoms with Gasteiger partial charge in [-0.3, -0.25) is 24.1 Å². The summed E-state index contributed by atoms with van der Waals surface area (Å²) in [6.07, 6.45) is 9.75. The summed E-state index contributed by atoms with van der Waals surface area (Å²) >= 11 is 6.73. The number of H-pyrrole nitrogens is 1.